The van der Waals surface area contributed by atoms with Crippen LogP contribution in [0.2, 0.25) is 0 Å². The van der Waals surface area contributed by atoms with Gasteiger partial charge in [0.1, 0.15) is 4.90 Å². The summed E-state index contributed by atoms with van der Waals surface area (Å²) in [7, 11) is -1.72. The molecule has 1 aromatic rings. The minimum atomic E-state index is -3.40. The highest BCUT2D eigenvalue weighted by molar-refractivity contribution is 7.89. The van der Waals surface area contributed by atoms with Crippen LogP contribution in [-0.2, 0) is 14.8 Å². The Morgan fingerprint density at radius 1 is 1.48 bits per heavy atom. The lowest BCUT2D eigenvalue weighted by molar-refractivity contribution is 0.194. The summed E-state index contributed by atoms with van der Waals surface area (Å²) in [5.41, 5.74) is 0.596. The monoisotopic (exact) mass is 316 g/mol. The highest BCUT2D eigenvalue weighted by Gasteiger charge is 2.30. The first-order valence-electron chi connectivity index (χ1n) is 7.25. The van der Waals surface area contributed by atoms with E-state index in [9.17, 15) is 8.42 Å². The third kappa shape index (κ3) is 4.03. The van der Waals surface area contributed by atoms with Gasteiger partial charge in [0.25, 0.3) is 0 Å². The molecule has 1 aliphatic rings. The van der Waals surface area contributed by atoms with E-state index in [1.165, 1.54) is 6.20 Å². The second-order valence-corrected chi connectivity index (χ2v) is 7.31. The van der Waals surface area contributed by atoms with E-state index in [1.807, 2.05) is 0 Å². The van der Waals surface area contributed by atoms with Crippen LogP contribution in [0, 0.1) is 12.8 Å². The van der Waals surface area contributed by atoms with Crippen molar-refractivity contribution in [2.24, 2.45) is 5.92 Å². The number of aromatic nitrogens is 2. The number of aromatic amines is 1. The van der Waals surface area contributed by atoms with Crippen LogP contribution in [0.5, 0.6) is 0 Å². The van der Waals surface area contributed by atoms with Crippen molar-refractivity contribution in [3.05, 3.63) is 11.9 Å². The number of hydrogen-bond acceptors (Lipinski definition) is 5. The van der Waals surface area contributed by atoms with Gasteiger partial charge in [0.15, 0.2) is 0 Å². The Hall–Kier alpha value is -0.960. The first-order valence-corrected chi connectivity index (χ1v) is 8.69. The molecule has 0 spiro atoms. The molecule has 2 N–H and O–H groups in total. The van der Waals surface area contributed by atoms with Gasteiger partial charge in [-0.05, 0) is 32.2 Å². The van der Waals surface area contributed by atoms with Gasteiger partial charge in [-0.15, -0.1) is 0 Å². The van der Waals surface area contributed by atoms with Crippen molar-refractivity contribution in [1.82, 2.24) is 19.8 Å². The summed E-state index contributed by atoms with van der Waals surface area (Å²) < 4.78 is 31.6. The number of aryl methyl sites for hydroxylation is 1. The van der Waals surface area contributed by atoms with Gasteiger partial charge in [-0.2, -0.15) is 9.40 Å². The van der Waals surface area contributed by atoms with Crippen LogP contribution < -0.4 is 5.32 Å². The van der Waals surface area contributed by atoms with Crippen molar-refractivity contribution in [3.8, 4) is 0 Å². The van der Waals surface area contributed by atoms with Crippen molar-refractivity contribution >= 4 is 10.0 Å². The number of hydrogen-bond donors (Lipinski definition) is 2. The fourth-order valence-electron chi connectivity index (χ4n) is 2.57. The van der Waals surface area contributed by atoms with Crippen LogP contribution in [0.1, 0.15) is 18.5 Å². The molecule has 0 atom stereocenters. The second kappa shape index (κ2) is 7.35. The summed E-state index contributed by atoms with van der Waals surface area (Å²) in [4.78, 5) is 0.291. The number of methoxy groups -OCH3 is 1. The number of H-pyrrole nitrogens is 1. The summed E-state index contributed by atoms with van der Waals surface area (Å²) in [6.45, 7) is 5.33. The molecule has 0 radical (unpaired) electrons. The highest BCUT2D eigenvalue weighted by atomic mass is 32.2. The molecule has 0 saturated carbocycles. The molecular weight excluding hydrogens is 292 g/mol. The standard InChI is InChI=1S/C13H24N4O3S/c1-11-13(10-15-16-11)21(18,19)17-6-3-12(4-7-17)9-14-5-8-20-2/h10,12,14H,3-9H2,1-2H3,(H,15,16). The lowest BCUT2D eigenvalue weighted by Gasteiger charge is -2.31. The Labute approximate surface area is 126 Å². The number of ether oxygens (including phenoxy) is 1. The van der Waals surface area contributed by atoms with Crippen molar-refractivity contribution in [2.75, 3.05) is 39.9 Å². The van der Waals surface area contributed by atoms with E-state index >= 15 is 0 Å². The van der Waals surface area contributed by atoms with Crippen LogP contribution in [-0.4, -0.2) is 62.8 Å². The Bertz CT molecular complexity index is 535. The molecule has 1 saturated heterocycles. The topological polar surface area (TPSA) is 87.3 Å². The van der Waals surface area contributed by atoms with Crippen molar-refractivity contribution < 1.29 is 13.2 Å². The smallest absolute Gasteiger partial charge is 0.246 e. The quantitative estimate of drug-likeness (QED) is 0.709. The first-order chi connectivity index (χ1) is 10.1. The molecule has 0 amide bonds. The van der Waals surface area contributed by atoms with Gasteiger partial charge in [-0.1, -0.05) is 0 Å². The third-order valence-corrected chi connectivity index (χ3v) is 5.90. The maximum absolute atomic E-state index is 12.5. The second-order valence-electron chi connectivity index (χ2n) is 5.40. The molecule has 0 aromatic carbocycles. The summed E-state index contributed by atoms with van der Waals surface area (Å²) in [5, 5.41) is 9.83. The van der Waals surface area contributed by atoms with Crippen LogP contribution in [0.15, 0.2) is 11.1 Å². The maximum atomic E-state index is 12.5. The zero-order valence-corrected chi connectivity index (χ0v) is 13.4. The van der Waals surface area contributed by atoms with E-state index in [0.29, 0.717) is 36.2 Å². The number of nitrogens with one attached hydrogen (secondary N) is 2. The van der Waals surface area contributed by atoms with E-state index in [2.05, 4.69) is 15.5 Å². The number of sulfonamides is 1. The summed E-state index contributed by atoms with van der Waals surface area (Å²) in [5.74, 6) is 0.527. The number of piperidine rings is 1. The molecular formula is C13H24N4O3S. The predicted molar refractivity (Wildman–Crippen MR) is 79.6 cm³/mol. The normalized spacial score (nSPS) is 18.2. The molecule has 0 bridgehead atoms. The summed E-state index contributed by atoms with van der Waals surface area (Å²) in [6.07, 6.45) is 3.16. The molecule has 1 fully saturated rings. The van der Waals surface area contributed by atoms with E-state index in [1.54, 1.807) is 18.3 Å². The summed E-state index contributed by atoms with van der Waals surface area (Å²) >= 11 is 0. The Balaban J connectivity index is 1.85. The first kappa shape index (κ1) is 16.4. The third-order valence-electron chi connectivity index (χ3n) is 3.89. The van der Waals surface area contributed by atoms with E-state index in [4.69, 9.17) is 4.74 Å². The molecule has 8 heteroatoms. The van der Waals surface area contributed by atoms with Crippen LogP contribution in [0.25, 0.3) is 0 Å². The minimum absolute atomic E-state index is 0.291. The Kier molecular flexibility index (Phi) is 5.74. The lowest BCUT2D eigenvalue weighted by atomic mass is 9.98. The van der Waals surface area contributed by atoms with E-state index in [0.717, 1.165) is 25.9 Å². The predicted octanol–water partition coefficient (Wildman–Crippen LogP) is 0.355. The molecule has 7 nitrogen and oxygen atoms in total. The average molecular weight is 316 g/mol. The molecule has 1 aromatic heterocycles. The summed E-state index contributed by atoms with van der Waals surface area (Å²) in [6, 6.07) is 0. The number of rotatable bonds is 7. The zero-order valence-electron chi connectivity index (χ0n) is 12.6. The Morgan fingerprint density at radius 3 is 2.76 bits per heavy atom. The minimum Gasteiger partial charge on any atom is -0.383 e. The van der Waals surface area contributed by atoms with Gasteiger partial charge in [0.05, 0.1) is 18.5 Å². The maximum Gasteiger partial charge on any atom is 0.246 e. The lowest BCUT2D eigenvalue weighted by Crippen LogP contribution is -2.41. The molecule has 2 heterocycles. The molecule has 0 aliphatic carbocycles. The SMILES string of the molecule is COCCNCC1CCN(S(=O)(=O)c2cn[nH]c2C)CC1. The van der Waals surface area contributed by atoms with E-state index in [-0.39, 0.29) is 0 Å². The number of nitrogens with zero attached hydrogens (tertiary/aromatic N) is 2. The van der Waals surface area contributed by atoms with E-state index < -0.39 is 10.0 Å². The van der Waals surface area contributed by atoms with Gasteiger partial charge in [-0.3, -0.25) is 5.10 Å². The largest absolute Gasteiger partial charge is 0.383 e. The fraction of sp³-hybridized carbons (Fsp3) is 0.769. The van der Waals surface area contributed by atoms with Crippen molar-refractivity contribution in [1.29, 1.82) is 0 Å². The molecule has 2 rings (SSSR count). The molecule has 21 heavy (non-hydrogen) atoms. The van der Waals surface area contributed by atoms with Gasteiger partial charge >= 0.3 is 0 Å². The fourth-order valence-corrected chi connectivity index (χ4v) is 4.16. The molecule has 0 unspecified atom stereocenters. The van der Waals surface area contributed by atoms with Crippen molar-refractivity contribution in [2.45, 2.75) is 24.7 Å². The molecule has 1 aliphatic heterocycles. The van der Waals surface area contributed by atoms with Gasteiger partial charge in [0.2, 0.25) is 10.0 Å². The van der Waals surface area contributed by atoms with Crippen LogP contribution in [0.4, 0.5) is 0 Å². The molecule has 120 valence electrons. The van der Waals surface area contributed by atoms with Gasteiger partial charge in [-0.25, -0.2) is 8.42 Å². The van der Waals surface area contributed by atoms with Gasteiger partial charge < -0.3 is 10.1 Å². The zero-order chi connectivity index (χ0) is 15.3. The Morgan fingerprint density at radius 2 is 2.19 bits per heavy atom. The average Bonchev–Trinajstić information content (AvgIpc) is 2.91. The van der Waals surface area contributed by atoms with Crippen molar-refractivity contribution in [3.63, 3.8) is 0 Å². The van der Waals surface area contributed by atoms with Crippen LogP contribution in [0.3, 0.4) is 0 Å². The van der Waals surface area contributed by atoms with Crippen LogP contribution >= 0.6 is 0 Å². The highest BCUT2D eigenvalue weighted by Crippen LogP contribution is 2.24. The van der Waals surface area contributed by atoms with Gasteiger partial charge in [0, 0.05) is 26.7 Å².